The summed E-state index contributed by atoms with van der Waals surface area (Å²) in [6.45, 7) is 11.2. The molecule has 3 aromatic carbocycles. The van der Waals surface area contributed by atoms with E-state index in [0.29, 0.717) is 0 Å². The maximum atomic E-state index is 6.57. The van der Waals surface area contributed by atoms with Gasteiger partial charge >= 0.3 is 0 Å². The standard InChI is InChI=1S/C29H27N3OSi/c1-18-16-25-27(19(2)30-18)32(20-10-7-6-8-11-20)29(31-25)24-13-9-12-23-22-15-14-21(34(3,4)5)17-26(22)33-28(23)24/h6-17H,1-5H3. The molecule has 0 saturated heterocycles. The fourth-order valence-corrected chi connectivity index (χ4v) is 6.03. The Morgan fingerprint density at radius 1 is 0.794 bits per heavy atom. The Morgan fingerprint density at radius 3 is 2.35 bits per heavy atom. The van der Waals surface area contributed by atoms with Crippen LogP contribution in [-0.2, 0) is 0 Å². The summed E-state index contributed by atoms with van der Waals surface area (Å²) in [5, 5.41) is 3.66. The summed E-state index contributed by atoms with van der Waals surface area (Å²) in [5.74, 6) is 0.867. The summed E-state index contributed by atoms with van der Waals surface area (Å²) < 4.78 is 8.78. The van der Waals surface area contributed by atoms with Crippen LogP contribution in [0.2, 0.25) is 19.6 Å². The maximum Gasteiger partial charge on any atom is 0.149 e. The fraction of sp³-hybridized carbons (Fsp3) is 0.172. The van der Waals surface area contributed by atoms with E-state index in [1.807, 2.05) is 13.0 Å². The number of nitrogens with zero attached hydrogens (tertiary/aromatic N) is 3. The number of aromatic nitrogens is 3. The van der Waals surface area contributed by atoms with E-state index in [1.54, 1.807) is 0 Å². The number of furan rings is 1. The number of benzene rings is 3. The lowest BCUT2D eigenvalue weighted by Crippen LogP contribution is -2.37. The van der Waals surface area contributed by atoms with Gasteiger partial charge < -0.3 is 4.42 Å². The van der Waals surface area contributed by atoms with Crippen LogP contribution < -0.4 is 5.19 Å². The molecule has 0 spiro atoms. The molecule has 0 bridgehead atoms. The Morgan fingerprint density at radius 2 is 1.59 bits per heavy atom. The van der Waals surface area contributed by atoms with Crippen molar-refractivity contribution in [2.45, 2.75) is 33.5 Å². The molecule has 34 heavy (non-hydrogen) atoms. The zero-order valence-corrected chi connectivity index (χ0v) is 21.2. The van der Waals surface area contributed by atoms with Crippen LogP contribution in [0.5, 0.6) is 0 Å². The number of aryl methyl sites for hydroxylation is 2. The quantitative estimate of drug-likeness (QED) is 0.263. The van der Waals surface area contributed by atoms with Crippen molar-refractivity contribution in [2.24, 2.45) is 0 Å². The number of para-hydroxylation sites is 2. The van der Waals surface area contributed by atoms with Gasteiger partial charge in [0.15, 0.2) is 0 Å². The Labute approximate surface area is 199 Å². The third kappa shape index (κ3) is 3.19. The molecule has 5 heteroatoms. The molecular weight excluding hydrogens is 434 g/mol. The van der Waals surface area contributed by atoms with Gasteiger partial charge in [0.1, 0.15) is 17.0 Å². The van der Waals surface area contributed by atoms with Crippen LogP contribution in [-0.4, -0.2) is 22.6 Å². The van der Waals surface area contributed by atoms with E-state index in [-0.39, 0.29) is 0 Å². The lowest BCUT2D eigenvalue weighted by atomic mass is 10.1. The van der Waals surface area contributed by atoms with Crippen molar-refractivity contribution < 1.29 is 4.42 Å². The minimum Gasteiger partial charge on any atom is -0.455 e. The van der Waals surface area contributed by atoms with Crippen molar-refractivity contribution >= 4 is 46.2 Å². The first-order valence-corrected chi connectivity index (χ1v) is 15.2. The van der Waals surface area contributed by atoms with Crippen LogP contribution in [0.4, 0.5) is 0 Å². The molecule has 4 nitrogen and oxygen atoms in total. The minimum atomic E-state index is -1.45. The zero-order chi connectivity index (χ0) is 23.6. The van der Waals surface area contributed by atoms with Gasteiger partial charge in [0.25, 0.3) is 0 Å². The molecule has 0 aliphatic rings. The Bertz CT molecular complexity index is 1710. The predicted octanol–water partition coefficient (Wildman–Crippen LogP) is 7.15. The first-order chi connectivity index (χ1) is 16.3. The van der Waals surface area contributed by atoms with Gasteiger partial charge in [-0.2, -0.15) is 0 Å². The molecule has 0 amide bonds. The van der Waals surface area contributed by atoms with Gasteiger partial charge in [0.2, 0.25) is 0 Å². The molecule has 0 atom stereocenters. The number of hydrogen-bond donors (Lipinski definition) is 0. The lowest BCUT2D eigenvalue weighted by molar-refractivity contribution is 0.669. The Kier molecular flexibility index (Phi) is 4.54. The van der Waals surface area contributed by atoms with Gasteiger partial charge in [-0.25, -0.2) is 4.98 Å². The van der Waals surface area contributed by atoms with Crippen molar-refractivity contribution in [3.05, 3.63) is 84.2 Å². The fourth-order valence-electron chi connectivity index (χ4n) is 4.88. The molecule has 0 radical (unpaired) electrons. The molecule has 0 fully saturated rings. The molecule has 168 valence electrons. The average molecular weight is 462 g/mol. The van der Waals surface area contributed by atoms with Crippen molar-refractivity contribution in [2.75, 3.05) is 0 Å². The SMILES string of the molecule is Cc1cc2nc(-c3cccc4c3oc3cc([Si](C)(C)C)ccc34)n(-c3ccccc3)c2c(C)n1. The second-order valence-electron chi connectivity index (χ2n) is 10.1. The summed E-state index contributed by atoms with van der Waals surface area (Å²) in [6.07, 6.45) is 0. The number of rotatable bonds is 3. The molecule has 6 aromatic rings. The topological polar surface area (TPSA) is 43.9 Å². The van der Waals surface area contributed by atoms with Gasteiger partial charge in [-0.1, -0.05) is 67.3 Å². The predicted molar refractivity (Wildman–Crippen MR) is 144 cm³/mol. The summed E-state index contributed by atoms with van der Waals surface area (Å²) in [7, 11) is -1.45. The molecular formula is C29H27N3OSi. The molecule has 6 rings (SSSR count). The van der Waals surface area contributed by atoms with Crippen LogP contribution in [0.15, 0.2) is 77.2 Å². The number of imidazole rings is 1. The van der Waals surface area contributed by atoms with Crippen molar-refractivity contribution in [3.63, 3.8) is 0 Å². The summed E-state index contributed by atoms with van der Waals surface area (Å²) in [5.41, 5.74) is 7.77. The van der Waals surface area contributed by atoms with E-state index < -0.39 is 8.07 Å². The average Bonchev–Trinajstić information content (AvgIpc) is 3.37. The third-order valence-corrected chi connectivity index (χ3v) is 8.60. The molecule has 0 N–H and O–H groups in total. The highest BCUT2D eigenvalue weighted by Gasteiger charge is 2.22. The van der Waals surface area contributed by atoms with E-state index in [0.717, 1.165) is 61.4 Å². The Hall–Kier alpha value is -3.70. The number of pyridine rings is 1. The molecule has 3 heterocycles. The zero-order valence-electron chi connectivity index (χ0n) is 20.2. The molecule has 0 unspecified atom stereocenters. The smallest absolute Gasteiger partial charge is 0.149 e. The van der Waals surface area contributed by atoms with Gasteiger partial charge in [-0.3, -0.25) is 9.55 Å². The van der Waals surface area contributed by atoms with E-state index in [4.69, 9.17) is 14.4 Å². The van der Waals surface area contributed by atoms with E-state index in [9.17, 15) is 0 Å². The molecule has 0 saturated carbocycles. The number of hydrogen-bond acceptors (Lipinski definition) is 3. The third-order valence-electron chi connectivity index (χ3n) is 6.56. The van der Waals surface area contributed by atoms with E-state index in [2.05, 4.69) is 97.9 Å². The van der Waals surface area contributed by atoms with Gasteiger partial charge in [-0.05, 0) is 44.2 Å². The second kappa shape index (κ2) is 7.40. The maximum absolute atomic E-state index is 6.57. The van der Waals surface area contributed by atoms with Crippen molar-refractivity contribution in [1.82, 2.24) is 14.5 Å². The normalized spacial score (nSPS) is 12.3. The van der Waals surface area contributed by atoms with Crippen LogP contribution in [0.25, 0.3) is 50.0 Å². The van der Waals surface area contributed by atoms with Crippen LogP contribution in [0.3, 0.4) is 0 Å². The van der Waals surface area contributed by atoms with Gasteiger partial charge in [-0.15, -0.1) is 0 Å². The highest BCUT2D eigenvalue weighted by Crippen LogP contribution is 2.38. The first kappa shape index (κ1) is 20.9. The highest BCUT2D eigenvalue weighted by molar-refractivity contribution is 6.88. The molecule has 0 aliphatic heterocycles. The number of fused-ring (bicyclic) bond motifs is 4. The summed E-state index contributed by atoms with van der Waals surface area (Å²) >= 11 is 0. The van der Waals surface area contributed by atoms with Crippen LogP contribution in [0, 0.1) is 13.8 Å². The summed E-state index contributed by atoms with van der Waals surface area (Å²) in [6, 6.07) is 25.5. The van der Waals surface area contributed by atoms with Crippen LogP contribution in [0.1, 0.15) is 11.4 Å². The lowest BCUT2D eigenvalue weighted by Gasteiger charge is -2.15. The monoisotopic (exact) mass is 461 g/mol. The Balaban J connectivity index is 1.70. The van der Waals surface area contributed by atoms with Gasteiger partial charge in [0, 0.05) is 22.2 Å². The minimum absolute atomic E-state index is 0.867. The van der Waals surface area contributed by atoms with E-state index >= 15 is 0 Å². The van der Waals surface area contributed by atoms with Crippen molar-refractivity contribution in [1.29, 1.82) is 0 Å². The highest BCUT2D eigenvalue weighted by atomic mass is 28.3. The van der Waals surface area contributed by atoms with E-state index in [1.165, 1.54) is 5.19 Å². The molecule has 3 aromatic heterocycles. The largest absolute Gasteiger partial charge is 0.455 e. The first-order valence-electron chi connectivity index (χ1n) is 11.7. The summed E-state index contributed by atoms with van der Waals surface area (Å²) in [4.78, 5) is 9.87. The second-order valence-corrected chi connectivity index (χ2v) is 15.1. The molecule has 0 aliphatic carbocycles. The van der Waals surface area contributed by atoms with Crippen LogP contribution >= 0.6 is 0 Å². The van der Waals surface area contributed by atoms with Crippen molar-refractivity contribution in [3.8, 4) is 17.1 Å². The van der Waals surface area contributed by atoms with Gasteiger partial charge in [0.05, 0.1) is 30.4 Å².